The van der Waals surface area contributed by atoms with Gasteiger partial charge in [-0.05, 0) is 30.3 Å². The van der Waals surface area contributed by atoms with Crippen LogP contribution in [-0.4, -0.2) is 26.3 Å². The number of hydrogen-bond acceptors (Lipinski definition) is 4. The number of rotatable bonds is 5. The molecular weight excluding hydrogens is 310 g/mol. The highest BCUT2D eigenvalue weighted by molar-refractivity contribution is 7.90. The molecule has 2 rings (SSSR count). The van der Waals surface area contributed by atoms with Crippen molar-refractivity contribution in [3.8, 4) is 0 Å². The van der Waals surface area contributed by atoms with Crippen molar-refractivity contribution in [1.29, 1.82) is 0 Å². The Morgan fingerprint density at radius 3 is 2.33 bits per heavy atom. The molecule has 0 aliphatic carbocycles. The molecule has 0 spiro atoms. The number of halogens is 1. The topological polar surface area (TPSA) is 66.4 Å². The minimum absolute atomic E-state index is 0.264. The maximum absolute atomic E-state index is 11.4. The van der Waals surface area contributed by atoms with Gasteiger partial charge >= 0.3 is 0 Å². The Bertz CT molecular complexity index is 714. The fourth-order valence-corrected chi connectivity index (χ4v) is 2.78. The summed E-state index contributed by atoms with van der Waals surface area (Å²) in [6.45, 7) is 0.280. The molecule has 0 aromatic heterocycles. The van der Waals surface area contributed by atoms with E-state index >= 15 is 0 Å². The maximum Gasteiger partial charge on any atom is 0.175 e. The Morgan fingerprint density at radius 2 is 1.76 bits per heavy atom. The lowest BCUT2D eigenvalue weighted by molar-refractivity contribution is 0.192. The molecule has 4 nitrogen and oxygen atoms in total. The highest BCUT2D eigenvalue weighted by Gasteiger charge is 2.11. The van der Waals surface area contributed by atoms with Crippen molar-refractivity contribution in [2.45, 2.75) is 11.0 Å². The molecule has 0 aliphatic heterocycles. The van der Waals surface area contributed by atoms with E-state index in [1.54, 1.807) is 30.3 Å². The fraction of sp³-hybridized carbons (Fsp3) is 0.200. The lowest BCUT2D eigenvalue weighted by Crippen LogP contribution is -2.12. The van der Waals surface area contributed by atoms with E-state index in [1.165, 1.54) is 12.1 Å². The number of benzene rings is 2. The Labute approximate surface area is 129 Å². The molecule has 0 aliphatic rings. The fourth-order valence-electron chi connectivity index (χ4n) is 1.89. The molecule has 0 radical (unpaired) electrons. The molecule has 2 aromatic rings. The molecule has 0 fully saturated rings. The standard InChI is InChI=1S/C15H16ClNO3S/c1-21(19,20)12-8-6-11(7-9-12)17-10-15(18)13-4-2-3-5-14(13)16/h2-9,15,17-18H,10H2,1H3. The molecule has 0 bridgehead atoms. The summed E-state index contributed by atoms with van der Waals surface area (Å²) in [5.41, 5.74) is 1.38. The first-order valence-corrected chi connectivity index (χ1v) is 8.61. The highest BCUT2D eigenvalue weighted by atomic mass is 35.5. The van der Waals surface area contributed by atoms with Gasteiger partial charge in [0.1, 0.15) is 0 Å². The minimum Gasteiger partial charge on any atom is -0.387 e. The zero-order valence-corrected chi connectivity index (χ0v) is 13.0. The predicted octanol–water partition coefficient (Wildman–Crippen LogP) is 2.89. The average Bonchev–Trinajstić information content (AvgIpc) is 2.45. The summed E-state index contributed by atoms with van der Waals surface area (Å²) in [4.78, 5) is 0.264. The van der Waals surface area contributed by atoms with Crippen LogP contribution in [0.4, 0.5) is 5.69 Å². The SMILES string of the molecule is CS(=O)(=O)c1ccc(NCC(O)c2ccccc2Cl)cc1. The van der Waals surface area contributed by atoms with Gasteiger partial charge in [-0.3, -0.25) is 0 Å². The van der Waals surface area contributed by atoms with Gasteiger partial charge < -0.3 is 10.4 Å². The van der Waals surface area contributed by atoms with E-state index in [0.717, 1.165) is 11.9 Å². The van der Waals surface area contributed by atoms with Crippen molar-refractivity contribution >= 4 is 27.1 Å². The van der Waals surface area contributed by atoms with Gasteiger partial charge in [-0.15, -0.1) is 0 Å². The van der Waals surface area contributed by atoms with Crippen molar-refractivity contribution in [2.75, 3.05) is 18.1 Å². The van der Waals surface area contributed by atoms with E-state index in [9.17, 15) is 13.5 Å². The van der Waals surface area contributed by atoms with Crippen LogP contribution in [0.2, 0.25) is 5.02 Å². The first-order valence-electron chi connectivity index (χ1n) is 6.34. The van der Waals surface area contributed by atoms with Gasteiger partial charge in [-0.2, -0.15) is 0 Å². The van der Waals surface area contributed by atoms with Gasteiger partial charge in [0.2, 0.25) is 0 Å². The van der Waals surface area contributed by atoms with Crippen LogP contribution in [0.1, 0.15) is 11.7 Å². The zero-order valence-electron chi connectivity index (χ0n) is 11.5. The molecule has 21 heavy (non-hydrogen) atoms. The third-order valence-corrected chi connectivity index (χ3v) is 4.52. The van der Waals surface area contributed by atoms with Crippen LogP contribution in [-0.2, 0) is 9.84 Å². The third-order valence-electron chi connectivity index (χ3n) is 3.05. The molecule has 0 amide bonds. The van der Waals surface area contributed by atoms with Crippen molar-refractivity contribution < 1.29 is 13.5 Å². The summed E-state index contributed by atoms with van der Waals surface area (Å²) >= 11 is 6.02. The highest BCUT2D eigenvalue weighted by Crippen LogP contribution is 2.23. The Hall–Kier alpha value is -1.56. The molecule has 112 valence electrons. The van der Waals surface area contributed by atoms with Crippen LogP contribution in [0.5, 0.6) is 0 Å². The summed E-state index contributed by atoms with van der Waals surface area (Å²) in [6, 6.07) is 13.5. The molecule has 2 aromatic carbocycles. The van der Waals surface area contributed by atoms with E-state index in [2.05, 4.69) is 5.32 Å². The number of aliphatic hydroxyl groups excluding tert-OH is 1. The summed E-state index contributed by atoms with van der Waals surface area (Å²) in [6.07, 6.45) is 0.421. The summed E-state index contributed by atoms with van der Waals surface area (Å²) in [7, 11) is -3.19. The summed E-state index contributed by atoms with van der Waals surface area (Å²) in [5.74, 6) is 0. The number of hydrogen-bond donors (Lipinski definition) is 2. The second kappa shape index (κ2) is 6.47. The molecule has 6 heteroatoms. The van der Waals surface area contributed by atoms with Gasteiger partial charge in [0.05, 0.1) is 11.0 Å². The third kappa shape index (κ3) is 4.20. The largest absolute Gasteiger partial charge is 0.387 e. The van der Waals surface area contributed by atoms with Gasteiger partial charge in [0, 0.05) is 29.1 Å². The van der Waals surface area contributed by atoms with Crippen LogP contribution >= 0.6 is 11.6 Å². The molecule has 0 saturated carbocycles. The lowest BCUT2D eigenvalue weighted by atomic mass is 10.1. The molecule has 0 saturated heterocycles. The van der Waals surface area contributed by atoms with Gasteiger partial charge in [0.25, 0.3) is 0 Å². The molecule has 2 N–H and O–H groups in total. The Balaban J connectivity index is 2.02. The van der Waals surface area contributed by atoms with E-state index in [1.807, 2.05) is 6.07 Å². The molecular formula is C15H16ClNO3S. The smallest absolute Gasteiger partial charge is 0.175 e. The van der Waals surface area contributed by atoms with Crippen LogP contribution in [0.25, 0.3) is 0 Å². The second-order valence-electron chi connectivity index (χ2n) is 4.71. The Kier molecular flexibility index (Phi) is 4.88. The van der Waals surface area contributed by atoms with E-state index < -0.39 is 15.9 Å². The molecule has 1 atom stereocenters. The van der Waals surface area contributed by atoms with Crippen molar-refractivity contribution in [1.82, 2.24) is 0 Å². The van der Waals surface area contributed by atoms with Crippen molar-refractivity contribution in [2.24, 2.45) is 0 Å². The summed E-state index contributed by atoms with van der Waals surface area (Å²) in [5, 5.41) is 13.7. The van der Waals surface area contributed by atoms with Crippen molar-refractivity contribution in [3.63, 3.8) is 0 Å². The Morgan fingerprint density at radius 1 is 1.14 bits per heavy atom. The number of nitrogens with one attached hydrogen (secondary N) is 1. The van der Waals surface area contributed by atoms with Crippen LogP contribution < -0.4 is 5.32 Å². The van der Waals surface area contributed by atoms with Crippen LogP contribution in [0.15, 0.2) is 53.4 Å². The number of anilines is 1. The maximum atomic E-state index is 11.4. The number of sulfone groups is 1. The van der Waals surface area contributed by atoms with E-state index in [0.29, 0.717) is 10.6 Å². The minimum atomic E-state index is -3.19. The average molecular weight is 326 g/mol. The van der Waals surface area contributed by atoms with E-state index in [-0.39, 0.29) is 11.4 Å². The summed E-state index contributed by atoms with van der Waals surface area (Å²) < 4.78 is 22.7. The molecule has 1 unspecified atom stereocenters. The molecule has 0 heterocycles. The normalized spacial score (nSPS) is 12.9. The quantitative estimate of drug-likeness (QED) is 0.887. The van der Waals surface area contributed by atoms with Gasteiger partial charge in [-0.25, -0.2) is 8.42 Å². The van der Waals surface area contributed by atoms with Crippen molar-refractivity contribution in [3.05, 3.63) is 59.1 Å². The zero-order chi connectivity index (χ0) is 15.5. The van der Waals surface area contributed by atoms with E-state index in [4.69, 9.17) is 11.6 Å². The van der Waals surface area contributed by atoms with Gasteiger partial charge in [0.15, 0.2) is 9.84 Å². The number of aliphatic hydroxyl groups is 1. The first-order chi connectivity index (χ1) is 9.88. The van der Waals surface area contributed by atoms with Gasteiger partial charge in [-0.1, -0.05) is 29.8 Å². The second-order valence-corrected chi connectivity index (χ2v) is 7.14. The lowest BCUT2D eigenvalue weighted by Gasteiger charge is -2.14. The van der Waals surface area contributed by atoms with Crippen LogP contribution in [0, 0.1) is 0 Å². The first kappa shape index (κ1) is 15.8. The monoisotopic (exact) mass is 325 g/mol. The predicted molar refractivity (Wildman–Crippen MR) is 84.5 cm³/mol. The van der Waals surface area contributed by atoms with Crippen LogP contribution in [0.3, 0.4) is 0 Å².